The highest BCUT2D eigenvalue weighted by Crippen LogP contribution is 2.29. The molecule has 4 rings (SSSR count). The minimum atomic E-state index is -0.248. The molecule has 0 atom stereocenters. The highest BCUT2D eigenvalue weighted by molar-refractivity contribution is 5.91. The predicted molar refractivity (Wildman–Crippen MR) is 93.5 cm³/mol. The molecule has 124 valence electrons. The molecule has 1 fully saturated rings. The summed E-state index contributed by atoms with van der Waals surface area (Å²) in [5.41, 5.74) is 3.61. The summed E-state index contributed by atoms with van der Waals surface area (Å²) in [5, 5.41) is 8.89. The second kappa shape index (κ2) is 6.23. The minimum absolute atomic E-state index is 0.248. The molecule has 0 spiro atoms. The van der Waals surface area contributed by atoms with Gasteiger partial charge >= 0.3 is 0 Å². The second-order valence-corrected chi connectivity index (χ2v) is 6.55. The molecule has 24 heavy (non-hydrogen) atoms. The molecule has 3 aromatic rings. The Bertz CT molecular complexity index is 865. The maximum Gasteiger partial charge on any atom is 0.124 e. The Balaban J connectivity index is 1.55. The minimum Gasteiger partial charge on any atom is -0.379 e. The highest BCUT2D eigenvalue weighted by Gasteiger charge is 2.17. The van der Waals surface area contributed by atoms with Gasteiger partial charge in [-0.15, -0.1) is 0 Å². The van der Waals surface area contributed by atoms with Crippen LogP contribution in [0, 0.1) is 12.7 Å². The summed E-state index contributed by atoms with van der Waals surface area (Å²) in [4.78, 5) is 4.46. The second-order valence-electron chi connectivity index (χ2n) is 6.55. The van der Waals surface area contributed by atoms with Gasteiger partial charge in [0, 0.05) is 23.0 Å². The average Bonchev–Trinajstić information content (AvgIpc) is 3.24. The molecule has 1 saturated carbocycles. The topological polar surface area (TPSA) is 42.7 Å². The SMILES string of the molecule is Cc1cc(NCc2ccn(C3CCCC3)n2)c2cc(F)ccc2n1. The van der Waals surface area contributed by atoms with E-state index in [0.29, 0.717) is 12.6 Å². The number of hydrogen-bond donors (Lipinski definition) is 1. The summed E-state index contributed by atoms with van der Waals surface area (Å²) in [7, 11) is 0. The van der Waals surface area contributed by atoms with Crippen molar-refractivity contribution >= 4 is 16.6 Å². The van der Waals surface area contributed by atoms with E-state index in [4.69, 9.17) is 5.10 Å². The van der Waals surface area contributed by atoms with Crippen LogP contribution >= 0.6 is 0 Å². The molecule has 1 aliphatic rings. The zero-order chi connectivity index (χ0) is 16.5. The molecule has 1 aliphatic carbocycles. The maximum atomic E-state index is 13.6. The van der Waals surface area contributed by atoms with Gasteiger partial charge in [-0.3, -0.25) is 9.67 Å². The van der Waals surface area contributed by atoms with Crippen LogP contribution in [-0.4, -0.2) is 14.8 Å². The summed E-state index contributed by atoms with van der Waals surface area (Å²) in [6.07, 6.45) is 7.12. The van der Waals surface area contributed by atoms with Crippen molar-refractivity contribution in [3.05, 3.63) is 53.7 Å². The number of aryl methyl sites for hydroxylation is 1. The fourth-order valence-corrected chi connectivity index (χ4v) is 3.51. The first kappa shape index (κ1) is 15.1. The number of nitrogens with one attached hydrogen (secondary N) is 1. The van der Waals surface area contributed by atoms with Gasteiger partial charge in [-0.2, -0.15) is 5.10 Å². The molecule has 1 aromatic carbocycles. The standard InChI is InChI=1S/C19H21FN4/c1-13-10-19(17-11-14(20)6-7-18(17)22-13)21-12-15-8-9-24(23-15)16-4-2-3-5-16/h6-11,16H,2-5,12H2,1H3,(H,21,22). The fraction of sp³-hybridized carbons (Fsp3) is 0.368. The van der Waals surface area contributed by atoms with Crippen molar-refractivity contribution in [1.29, 1.82) is 0 Å². The van der Waals surface area contributed by atoms with Crippen molar-refractivity contribution in [2.24, 2.45) is 0 Å². The third-order valence-electron chi connectivity index (χ3n) is 4.72. The smallest absolute Gasteiger partial charge is 0.124 e. The molecule has 0 bridgehead atoms. The van der Waals surface area contributed by atoms with Gasteiger partial charge in [0.15, 0.2) is 0 Å². The van der Waals surface area contributed by atoms with Gasteiger partial charge in [-0.25, -0.2) is 4.39 Å². The lowest BCUT2D eigenvalue weighted by Gasteiger charge is -2.11. The van der Waals surface area contributed by atoms with Crippen molar-refractivity contribution in [2.45, 2.75) is 45.2 Å². The molecule has 0 radical (unpaired) electrons. The molecule has 0 unspecified atom stereocenters. The van der Waals surface area contributed by atoms with Gasteiger partial charge in [0.05, 0.1) is 23.8 Å². The Labute approximate surface area is 140 Å². The van der Waals surface area contributed by atoms with Crippen LogP contribution in [0.25, 0.3) is 10.9 Å². The lowest BCUT2D eigenvalue weighted by atomic mass is 10.1. The van der Waals surface area contributed by atoms with Crippen LogP contribution < -0.4 is 5.32 Å². The van der Waals surface area contributed by atoms with E-state index in [1.807, 2.05) is 13.0 Å². The molecule has 0 saturated heterocycles. The third kappa shape index (κ3) is 2.98. The number of halogens is 1. The number of pyridine rings is 1. The van der Waals surface area contributed by atoms with Gasteiger partial charge in [-0.05, 0) is 50.1 Å². The first-order chi connectivity index (χ1) is 11.7. The number of hydrogen-bond acceptors (Lipinski definition) is 3. The first-order valence-electron chi connectivity index (χ1n) is 8.54. The molecule has 0 aliphatic heterocycles. The van der Waals surface area contributed by atoms with Crippen LogP contribution in [0.4, 0.5) is 10.1 Å². The highest BCUT2D eigenvalue weighted by atomic mass is 19.1. The molecule has 0 amide bonds. The van der Waals surface area contributed by atoms with E-state index in [0.717, 1.165) is 28.0 Å². The van der Waals surface area contributed by atoms with E-state index >= 15 is 0 Å². The van der Waals surface area contributed by atoms with Gasteiger partial charge in [0.1, 0.15) is 5.82 Å². The van der Waals surface area contributed by atoms with Crippen molar-refractivity contribution < 1.29 is 4.39 Å². The summed E-state index contributed by atoms with van der Waals surface area (Å²) in [6.45, 7) is 2.57. The lowest BCUT2D eigenvalue weighted by molar-refractivity contribution is 0.463. The number of anilines is 1. The summed E-state index contributed by atoms with van der Waals surface area (Å²) < 4.78 is 15.7. The van der Waals surface area contributed by atoms with Crippen molar-refractivity contribution in [3.63, 3.8) is 0 Å². The lowest BCUT2D eigenvalue weighted by Crippen LogP contribution is -2.07. The van der Waals surface area contributed by atoms with E-state index in [1.165, 1.54) is 37.8 Å². The Hall–Kier alpha value is -2.43. The molecule has 2 heterocycles. The Kier molecular flexibility index (Phi) is 3.92. The van der Waals surface area contributed by atoms with E-state index in [-0.39, 0.29) is 5.82 Å². The Morgan fingerprint density at radius 3 is 2.88 bits per heavy atom. The van der Waals surface area contributed by atoms with Crippen LogP contribution in [-0.2, 0) is 6.54 Å². The van der Waals surface area contributed by atoms with Crippen LogP contribution in [0.3, 0.4) is 0 Å². The van der Waals surface area contributed by atoms with Crippen LogP contribution in [0.2, 0.25) is 0 Å². The van der Waals surface area contributed by atoms with Crippen molar-refractivity contribution in [1.82, 2.24) is 14.8 Å². The van der Waals surface area contributed by atoms with Crippen LogP contribution in [0.1, 0.15) is 43.1 Å². The van der Waals surface area contributed by atoms with Gasteiger partial charge in [0.25, 0.3) is 0 Å². The normalized spacial score (nSPS) is 15.2. The molecule has 5 heteroatoms. The number of fused-ring (bicyclic) bond motifs is 1. The van der Waals surface area contributed by atoms with E-state index in [9.17, 15) is 4.39 Å². The summed E-state index contributed by atoms with van der Waals surface area (Å²) in [6, 6.07) is 9.26. The fourth-order valence-electron chi connectivity index (χ4n) is 3.51. The molecule has 2 aromatic heterocycles. The largest absolute Gasteiger partial charge is 0.379 e. The van der Waals surface area contributed by atoms with E-state index in [1.54, 1.807) is 6.07 Å². The first-order valence-corrected chi connectivity index (χ1v) is 8.54. The van der Waals surface area contributed by atoms with Crippen LogP contribution in [0.15, 0.2) is 36.5 Å². The number of rotatable bonds is 4. The molecular formula is C19H21FN4. The molecule has 1 N–H and O–H groups in total. The number of benzene rings is 1. The number of aromatic nitrogens is 3. The third-order valence-corrected chi connectivity index (χ3v) is 4.72. The van der Waals surface area contributed by atoms with Gasteiger partial charge in [-0.1, -0.05) is 12.8 Å². The average molecular weight is 324 g/mol. The summed E-state index contributed by atoms with van der Waals surface area (Å²) >= 11 is 0. The zero-order valence-corrected chi connectivity index (χ0v) is 13.8. The Morgan fingerprint density at radius 1 is 1.21 bits per heavy atom. The van der Waals surface area contributed by atoms with Crippen LogP contribution in [0.5, 0.6) is 0 Å². The summed E-state index contributed by atoms with van der Waals surface area (Å²) in [5.74, 6) is -0.248. The molecule has 4 nitrogen and oxygen atoms in total. The van der Waals surface area contributed by atoms with Gasteiger partial charge < -0.3 is 5.32 Å². The predicted octanol–water partition coefficient (Wildman–Crippen LogP) is 4.61. The van der Waals surface area contributed by atoms with Crippen molar-refractivity contribution in [2.75, 3.05) is 5.32 Å². The monoisotopic (exact) mass is 324 g/mol. The molecular weight excluding hydrogens is 303 g/mol. The van der Waals surface area contributed by atoms with Crippen molar-refractivity contribution in [3.8, 4) is 0 Å². The van der Waals surface area contributed by atoms with E-state index in [2.05, 4.69) is 27.2 Å². The zero-order valence-electron chi connectivity index (χ0n) is 13.8. The number of nitrogens with zero attached hydrogens (tertiary/aromatic N) is 3. The Morgan fingerprint density at radius 2 is 2.04 bits per heavy atom. The maximum absolute atomic E-state index is 13.6. The van der Waals surface area contributed by atoms with Gasteiger partial charge in [0.2, 0.25) is 0 Å². The quantitative estimate of drug-likeness (QED) is 0.762. The van der Waals surface area contributed by atoms with E-state index < -0.39 is 0 Å².